The lowest BCUT2D eigenvalue weighted by Crippen LogP contribution is -2.50. The normalized spacial score (nSPS) is 11.8. The number of rotatable bonds is 8. The molecule has 0 fully saturated rings. The molecule has 0 saturated carbocycles. The van der Waals surface area contributed by atoms with Crippen molar-refractivity contribution in [1.29, 1.82) is 0 Å². The van der Waals surface area contributed by atoms with Crippen LogP contribution >= 0.6 is 34.8 Å². The van der Waals surface area contributed by atoms with Crippen LogP contribution in [0.25, 0.3) is 0 Å². The average molecular weight is 473 g/mol. The number of amides is 2. The molecule has 2 N–H and O–H groups in total. The van der Waals surface area contributed by atoms with E-state index in [0.29, 0.717) is 23.0 Å². The summed E-state index contributed by atoms with van der Waals surface area (Å²) in [6, 6.07) is 7.98. The second-order valence-electron chi connectivity index (χ2n) is 6.87. The number of carbonyl (C=O) groups excluding carboxylic acids is 2. The van der Waals surface area contributed by atoms with E-state index in [0.717, 1.165) is 11.6 Å². The van der Waals surface area contributed by atoms with Gasteiger partial charge in [-0.25, -0.2) is 0 Å². The van der Waals surface area contributed by atoms with Crippen LogP contribution in [0.5, 0.6) is 0 Å². The highest BCUT2D eigenvalue weighted by Gasteiger charge is 2.26. The molecule has 30 heavy (non-hydrogen) atoms. The van der Waals surface area contributed by atoms with E-state index in [2.05, 4.69) is 10.6 Å². The van der Waals surface area contributed by atoms with Crippen LogP contribution in [0.15, 0.2) is 36.4 Å². The van der Waals surface area contributed by atoms with Crippen LogP contribution in [0, 0.1) is 16.0 Å². The first-order valence-corrected chi connectivity index (χ1v) is 10.2. The Bertz CT molecular complexity index is 966. The Hall–Kier alpha value is -2.35. The van der Waals surface area contributed by atoms with Gasteiger partial charge >= 0.3 is 0 Å². The molecular weight excluding hydrogens is 453 g/mol. The molecule has 10 heteroatoms. The molecule has 1 atom stereocenters. The van der Waals surface area contributed by atoms with Gasteiger partial charge in [0.1, 0.15) is 6.04 Å². The number of nitrogens with zero attached hydrogens (tertiary/aromatic N) is 1. The van der Waals surface area contributed by atoms with Crippen molar-refractivity contribution in [2.75, 3.05) is 6.54 Å². The molecule has 0 saturated heterocycles. The molecular formula is C20H20Cl3N3O4. The lowest BCUT2D eigenvalue weighted by atomic mass is 10.0. The van der Waals surface area contributed by atoms with Gasteiger partial charge in [0.2, 0.25) is 5.91 Å². The number of nitro groups is 1. The van der Waals surface area contributed by atoms with E-state index >= 15 is 0 Å². The summed E-state index contributed by atoms with van der Waals surface area (Å²) in [5.74, 6) is -1.17. The Balaban J connectivity index is 2.02. The summed E-state index contributed by atoms with van der Waals surface area (Å²) in [5, 5.41) is 17.0. The molecule has 0 aromatic heterocycles. The average Bonchev–Trinajstić information content (AvgIpc) is 2.68. The van der Waals surface area contributed by atoms with E-state index in [1.807, 2.05) is 6.07 Å². The van der Waals surface area contributed by atoms with Crippen LogP contribution in [-0.4, -0.2) is 29.3 Å². The molecule has 0 spiro atoms. The maximum absolute atomic E-state index is 12.6. The summed E-state index contributed by atoms with van der Waals surface area (Å²) in [7, 11) is 0. The maximum atomic E-state index is 12.6. The summed E-state index contributed by atoms with van der Waals surface area (Å²) in [5.41, 5.74) is 0.619. The van der Waals surface area contributed by atoms with Crippen LogP contribution in [0.4, 0.5) is 5.69 Å². The van der Waals surface area contributed by atoms with Crippen molar-refractivity contribution >= 4 is 52.3 Å². The largest absolute Gasteiger partial charge is 0.354 e. The molecule has 0 aliphatic carbocycles. The van der Waals surface area contributed by atoms with Gasteiger partial charge in [-0.05, 0) is 30.0 Å². The summed E-state index contributed by atoms with van der Waals surface area (Å²) in [6.45, 7) is 3.88. The van der Waals surface area contributed by atoms with Crippen LogP contribution in [-0.2, 0) is 11.2 Å². The van der Waals surface area contributed by atoms with Gasteiger partial charge in [-0.3, -0.25) is 19.7 Å². The zero-order chi connectivity index (χ0) is 22.4. The molecule has 2 rings (SSSR count). The monoisotopic (exact) mass is 471 g/mol. The van der Waals surface area contributed by atoms with Crippen LogP contribution in [0.2, 0.25) is 15.1 Å². The Morgan fingerprint density at radius 1 is 1.10 bits per heavy atom. The highest BCUT2D eigenvalue weighted by Crippen LogP contribution is 2.25. The number of benzene rings is 2. The Morgan fingerprint density at radius 2 is 1.80 bits per heavy atom. The maximum Gasteiger partial charge on any atom is 0.270 e. The molecule has 2 aromatic rings. The lowest BCUT2D eigenvalue weighted by Gasteiger charge is -2.22. The van der Waals surface area contributed by atoms with Gasteiger partial charge in [0, 0.05) is 18.7 Å². The topological polar surface area (TPSA) is 101 Å². The quantitative estimate of drug-likeness (QED) is 0.430. The van der Waals surface area contributed by atoms with Crippen LogP contribution in [0.3, 0.4) is 0 Å². The van der Waals surface area contributed by atoms with E-state index in [-0.39, 0.29) is 28.1 Å². The summed E-state index contributed by atoms with van der Waals surface area (Å²) < 4.78 is 0. The molecule has 0 radical (unpaired) electrons. The minimum atomic E-state index is -0.821. The number of hydrogen-bond acceptors (Lipinski definition) is 4. The van der Waals surface area contributed by atoms with Crippen molar-refractivity contribution in [3.8, 4) is 0 Å². The number of nitro benzene ring substituents is 1. The molecule has 2 amide bonds. The van der Waals surface area contributed by atoms with Crippen LogP contribution in [0.1, 0.15) is 29.8 Å². The third kappa shape index (κ3) is 6.08. The van der Waals surface area contributed by atoms with Crippen molar-refractivity contribution in [2.45, 2.75) is 26.3 Å². The summed E-state index contributed by atoms with van der Waals surface area (Å²) >= 11 is 18.1. The number of non-ortho nitro benzene ring substituents is 1. The highest BCUT2D eigenvalue weighted by molar-refractivity contribution is 6.42. The molecule has 0 aliphatic rings. The van der Waals surface area contributed by atoms with Gasteiger partial charge in [0.25, 0.3) is 11.6 Å². The number of hydrogen-bond donors (Lipinski definition) is 2. The first-order chi connectivity index (χ1) is 14.1. The van der Waals surface area contributed by atoms with Gasteiger partial charge in [0.15, 0.2) is 0 Å². The highest BCUT2D eigenvalue weighted by atomic mass is 35.5. The smallest absolute Gasteiger partial charge is 0.270 e. The summed E-state index contributed by atoms with van der Waals surface area (Å²) in [4.78, 5) is 35.4. The standard InChI is InChI=1S/C20H20Cl3N3O4/c1-11(2)18(20(28)24-9-8-12-4-3-5-15(21)17(12)23)25-19(27)14-7-6-13(26(29)30)10-16(14)22/h3-7,10-11,18H,8-9H2,1-2H3,(H,24,28)(H,25,27). The fourth-order valence-corrected chi connectivity index (χ4v) is 3.40. The second kappa shape index (κ2) is 10.6. The van der Waals surface area contributed by atoms with Crippen molar-refractivity contribution in [3.63, 3.8) is 0 Å². The molecule has 7 nitrogen and oxygen atoms in total. The summed E-state index contributed by atoms with van der Waals surface area (Å²) in [6.07, 6.45) is 0.470. The SMILES string of the molecule is CC(C)C(NC(=O)c1ccc([N+](=O)[O-])cc1Cl)C(=O)NCCc1cccc(Cl)c1Cl. The zero-order valence-electron chi connectivity index (χ0n) is 16.2. The van der Waals surface area contributed by atoms with E-state index in [1.54, 1.807) is 26.0 Å². The number of carbonyl (C=O) groups is 2. The first kappa shape index (κ1) is 23.9. The van der Waals surface area contributed by atoms with Crippen LogP contribution < -0.4 is 10.6 Å². The predicted molar refractivity (Wildman–Crippen MR) is 117 cm³/mol. The Labute approximate surface area is 188 Å². The van der Waals surface area contributed by atoms with Crippen molar-refractivity contribution in [2.24, 2.45) is 5.92 Å². The van der Waals surface area contributed by atoms with Crippen molar-refractivity contribution in [3.05, 3.63) is 72.7 Å². The molecule has 2 aromatic carbocycles. The Morgan fingerprint density at radius 3 is 2.40 bits per heavy atom. The van der Waals surface area contributed by atoms with Gasteiger partial charge in [-0.15, -0.1) is 0 Å². The van der Waals surface area contributed by atoms with Gasteiger partial charge in [0.05, 0.1) is 25.6 Å². The molecule has 0 aliphatic heterocycles. The van der Waals surface area contributed by atoms with Crippen molar-refractivity contribution < 1.29 is 14.5 Å². The first-order valence-electron chi connectivity index (χ1n) is 9.07. The van der Waals surface area contributed by atoms with E-state index < -0.39 is 16.9 Å². The minimum Gasteiger partial charge on any atom is -0.354 e. The molecule has 0 heterocycles. The second-order valence-corrected chi connectivity index (χ2v) is 8.06. The molecule has 160 valence electrons. The predicted octanol–water partition coefficient (Wildman–Crippen LogP) is 4.67. The molecule has 1 unspecified atom stereocenters. The van der Waals surface area contributed by atoms with Gasteiger partial charge in [-0.1, -0.05) is 60.8 Å². The third-order valence-corrected chi connectivity index (χ3v) is 5.54. The number of nitrogens with one attached hydrogen (secondary N) is 2. The van der Waals surface area contributed by atoms with Crippen molar-refractivity contribution in [1.82, 2.24) is 10.6 Å². The number of halogens is 3. The fourth-order valence-electron chi connectivity index (χ4n) is 2.73. The van der Waals surface area contributed by atoms with Gasteiger partial charge < -0.3 is 10.6 Å². The van der Waals surface area contributed by atoms with E-state index in [9.17, 15) is 19.7 Å². The Kier molecular flexibility index (Phi) is 8.46. The van der Waals surface area contributed by atoms with E-state index in [4.69, 9.17) is 34.8 Å². The zero-order valence-corrected chi connectivity index (χ0v) is 18.5. The minimum absolute atomic E-state index is 0.0476. The van der Waals surface area contributed by atoms with E-state index in [1.165, 1.54) is 12.1 Å². The van der Waals surface area contributed by atoms with Gasteiger partial charge in [-0.2, -0.15) is 0 Å². The lowest BCUT2D eigenvalue weighted by molar-refractivity contribution is -0.384. The third-order valence-electron chi connectivity index (χ3n) is 4.37. The fraction of sp³-hybridized carbons (Fsp3) is 0.300. The molecule has 0 bridgehead atoms.